The first-order valence-corrected chi connectivity index (χ1v) is 7.81. The molecule has 106 valence electrons. The zero-order valence-corrected chi connectivity index (χ0v) is 12.3. The summed E-state index contributed by atoms with van der Waals surface area (Å²) >= 11 is 8.33. The van der Waals surface area contributed by atoms with Gasteiger partial charge in [-0.2, -0.15) is 25.3 Å². The lowest BCUT2D eigenvalue weighted by Gasteiger charge is -2.17. The van der Waals surface area contributed by atoms with Crippen LogP contribution in [0.1, 0.15) is 12.8 Å². The van der Waals surface area contributed by atoms with Crippen LogP contribution in [0.4, 0.5) is 0 Å². The van der Waals surface area contributed by atoms with E-state index in [9.17, 15) is 0 Å². The molecule has 4 nitrogen and oxygen atoms in total. The van der Waals surface area contributed by atoms with Crippen LogP contribution in [0.5, 0.6) is 0 Å². The largest absolute Gasteiger partial charge is 0.373 e. The summed E-state index contributed by atoms with van der Waals surface area (Å²) in [5, 5.41) is 0. The van der Waals surface area contributed by atoms with Crippen molar-refractivity contribution in [3.8, 4) is 0 Å². The Hall–Kier alpha value is 0.540. The van der Waals surface area contributed by atoms with Gasteiger partial charge < -0.3 is 18.9 Å². The smallest absolute Gasteiger partial charge is 0.115 e. The fourth-order valence-electron chi connectivity index (χ4n) is 2.31. The van der Waals surface area contributed by atoms with Gasteiger partial charge in [0.2, 0.25) is 0 Å². The van der Waals surface area contributed by atoms with E-state index in [0.29, 0.717) is 13.2 Å². The maximum atomic E-state index is 5.76. The van der Waals surface area contributed by atoms with Crippen LogP contribution >= 0.6 is 25.3 Å². The van der Waals surface area contributed by atoms with E-state index in [-0.39, 0.29) is 24.4 Å². The minimum atomic E-state index is 0.0333. The van der Waals surface area contributed by atoms with Gasteiger partial charge >= 0.3 is 0 Å². The van der Waals surface area contributed by atoms with Crippen LogP contribution in [-0.4, -0.2) is 62.3 Å². The molecule has 0 aromatic carbocycles. The Morgan fingerprint density at radius 2 is 1.28 bits per heavy atom. The summed E-state index contributed by atoms with van der Waals surface area (Å²) in [5.74, 6) is 1.69. The topological polar surface area (TPSA) is 36.9 Å². The normalized spacial score (nSPS) is 35.0. The quantitative estimate of drug-likeness (QED) is 0.521. The standard InChI is InChI=1S/C12H22O4S2/c17-5-1-3-13-9-7-15-12-10(8-16-11(9)12)14-4-2-6-18/h9-12,17-18H,1-8H2/t9-,10+,11-,12?/m1/s1. The van der Waals surface area contributed by atoms with E-state index >= 15 is 0 Å². The van der Waals surface area contributed by atoms with E-state index in [2.05, 4.69) is 25.3 Å². The highest BCUT2D eigenvalue weighted by atomic mass is 32.1. The summed E-state index contributed by atoms with van der Waals surface area (Å²) in [4.78, 5) is 0. The van der Waals surface area contributed by atoms with E-state index in [0.717, 1.165) is 37.6 Å². The molecule has 0 saturated carbocycles. The van der Waals surface area contributed by atoms with Crippen LogP contribution in [-0.2, 0) is 18.9 Å². The molecule has 4 atom stereocenters. The summed E-state index contributed by atoms with van der Waals surface area (Å²) in [6.07, 6.45) is 2.08. The fourth-order valence-corrected chi connectivity index (χ4v) is 2.57. The van der Waals surface area contributed by atoms with Crippen LogP contribution in [0.2, 0.25) is 0 Å². The number of ether oxygens (including phenoxy) is 4. The fraction of sp³-hybridized carbons (Fsp3) is 1.00. The molecule has 2 aliphatic heterocycles. The van der Waals surface area contributed by atoms with Crippen molar-refractivity contribution < 1.29 is 18.9 Å². The number of hydrogen-bond acceptors (Lipinski definition) is 6. The monoisotopic (exact) mass is 294 g/mol. The van der Waals surface area contributed by atoms with Gasteiger partial charge in [0.15, 0.2) is 0 Å². The van der Waals surface area contributed by atoms with E-state index in [4.69, 9.17) is 18.9 Å². The molecule has 2 aliphatic rings. The summed E-state index contributed by atoms with van der Waals surface area (Å²) in [6.45, 7) is 2.65. The molecule has 0 aromatic rings. The summed E-state index contributed by atoms with van der Waals surface area (Å²) in [5.41, 5.74) is 0. The molecule has 0 radical (unpaired) electrons. The highest BCUT2D eigenvalue weighted by Crippen LogP contribution is 2.30. The summed E-state index contributed by atoms with van der Waals surface area (Å²) in [6, 6.07) is 0. The Labute approximate surface area is 120 Å². The summed E-state index contributed by atoms with van der Waals surface area (Å²) < 4.78 is 23.0. The Kier molecular flexibility index (Phi) is 6.61. The average molecular weight is 294 g/mol. The van der Waals surface area contributed by atoms with Gasteiger partial charge in [0.05, 0.1) is 13.2 Å². The van der Waals surface area contributed by atoms with Gasteiger partial charge in [0.1, 0.15) is 24.4 Å². The van der Waals surface area contributed by atoms with Crippen molar-refractivity contribution in [2.45, 2.75) is 37.3 Å². The van der Waals surface area contributed by atoms with Crippen molar-refractivity contribution in [1.82, 2.24) is 0 Å². The second-order valence-electron chi connectivity index (χ2n) is 4.57. The first-order valence-electron chi connectivity index (χ1n) is 6.55. The van der Waals surface area contributed by atoms with Crippen molar-refractivity contribution in [3.05, 3.63) is 0 Å². The van der Waals surface area contributed by atoms with Crippen LogP contribution in [0.3, 0.4) is 0 Å². The second-order valence-corrected chi connectivity index (χ2v) is 5.46. The first-order chi connectivity index (χ1) is 8.86. The number of hydrogen-bond donors (Lipinski definition) is 2. The van der Waals surface area contributed by atoms with Crippen molar-refractivity contribution in [1.29, 1.82) is 0 Å². The third kappa shape index (κ3) is 3.77. The molecule has 0 aromatic heterocycles. The maximum Gasteiger partial charge on any atom is 0.115 e. The SMILES string of the molecule is SCCCO[C@H]1CO[C@H]2C1OC[C@H]2OCCCS. The molecular formula is C12H22O4S2. The van der Waals surface area contributed by atoms with E-state index in [1.54, 1.807) is 0 Å². The zero-order chi connectivity index (χ0) is 12.8. The molecule has 0 aliphatic carbocycles. The van der Waals surface area contributed by atoms with E-state index in [1.165, 1.54) is 0 Å². The molecule has 0 bridgehead atoms. The van der Waals surface area contributed by atoms with E-state index in [1.807, 2.05) is 0 Å². The number of fused-ring (bicyclic) bond motifs is 1. The number of rotatable bonds is 8. The molecule has 0 spiro atoms. The van der Waals surface area contributed by atoms with Gasteiger partial charge in [-0.3, -0.25) is 0 Å². The van der Waals surface area contributed by atoms with Gasteiger partial charge in [0, 0.05) is 13.2 Å². The Balaban J connectivity index is 1.72. The van der Waals surface area contributed by atoms with Crippen molar-refractivity contribution >= 4 is 25.3 Å². The highest BCUT2D eigenvalue weighted by Gasteiger charge is 2.48. The molecule has 2 fully saturated rings. The minimum Gasteiger partial charge on any atom is -0.373 e. The summed E-state index contributed by atoms with van der Waals surface area (Å²) in [7, 11) is 0. The Morgan fingerprint density at radius 3 is 1.67 bits per heavy atom. The molecule has 6 heteroatoms. The predicted molar refractivity (Wildman–Crippen MR) is 75.9 cm³/mol. The predicted octanol–water partition coefficient (Wildman–Crippen LogP) is 1.19. The molecular weight excluding hydrogens is 272 g/mol. The van der Waals surface area contributed by atoms with Crippen LogP contribution < -0.4 is 0 Å². The van der Waals surface area contributed by atoms with Gasteiger partial charge in [-0.15, -0.1) is 0 Å². The van der Waals surface area contributed by atoms with Crippen LogP contribution in [0.25, 0.3) is 0 Å². The zero-order valence-electron chi connectivity index (χ0n) is 10.5. The number of thiol groups is 2. The van der Waals surface area contributed by atoms with Crippen molar-refractivity contribution in [3.63, 3.8) is 0 Å². The molecule has 2 rings (SSSR count). The Morgan fingerprint density at radius 1 is 0.833 bits per heavy atom. The van der Waals surface area contributed by atoms with Gasteiger partial charge in [-0.25, -0.2) is 0 Å². The van der Waals surface area contributed by atoms with Crippen molar-refractivity contribution in [2.24, 2.45) is 0 Å². The third-order valence-corrected chi connectivity index (χ3v) is 3.86. The lowest BCUT2D eigenvalue weighted by molar-refractivity contribution is -0.0497. The third-order valence-electron chi connectivity index (χ3n) is 3.23. The molecule has 1 unspecified atom stereocenters. The highest BCUT2D eigenvalue weighted by molar-refractivity contribution is 7.80. The lowest BCUT2D eigenvalue weighted by atomic mass is 10.1. The lowest BCUT2D eigenvalue weighted by Crippen LogP contribution is -2.34. The molecule has 2 saturated heterocycles. The second kappa shape index (κ2) is 7.97. The molecule has 18 heavy (non-hydrogen) atoms. The molecule has 0 amide bonds. The minimum absolute atomic E-state index is 0.0333. The average Bonchev–Trinajstić information content (AvgIpc) is 2.94. The molecule has 0 N–H and O–H groups in total. The van der Waals surface area contributed by atoms with Crippen LogP contribution in [0, 0.1) is 0 Å². The Bertz CT molecular complexity index is 218. The van der Waals surface area contributed by atoms with Gasteiger partial charge in [-0.1, -0.05) is 0 Å². The van der Waals surface area contributed by atoms with Crippen molar-refractivity contribution in [2.75, 3.05) is 37.9 Å². The molecule has 2 heterocycles. The van der Waals surface area contributed by atoms with Gasteiger partial charge in [-0.05, 0) is 24.3 Å². The van der Waals surface area contributed by atoms with Crippen LogP contribution in [0.15, 0.2) is 0 Å². The van der Waals surface area contributed by atoms with E-state index < -0.39 is 0 Å². The first kappa shape index (κ1) is 14.9. The maximum absolute atomic E-state index is 5.76. The van der Waals surface area contributed by atoms with Gasteiger partial charge in [0.25, 0.3) is 0 Å².